The number of hydrogen-bond donors (Lipinski definition) is 0. The van der Waals surface area contributed by atoms with Crippen LogP contribution in [0.2, 0.25) is 0 Å². The Bertz CT molecular complexity index is 1150. The third-order valence-electron chi connectivity index (χ3n) is 4.95. The zero-order valence-electron chi connectivity index (χ0n) is 14.3. The molecule has 1 aromatic carbocycles. The van der Waals surface area contributed by atoms with E-state index in [4.69, 9.17) is 0 Å². The Morgan fingerprint density at radius 3 is 2.77 bits per heavy atom. The van der Waals surface area contributed by atoms with Crippen LogP contribution >= 0.6 is 0 Å². The van der Waals surface area contributed by atoms with Gasteiger partial charge in [0.05, 0.1) is 34.4 Å². The van der Waals surface area contributed by atoms with E-state index >= 15 is 0 Å². The Morgan fingerprint density at radius 1 is 1.31 bits per heavy atom. The number of amides is 1. The van der Waals surface area contributed by atoms with E-state index in [0.717, 1.165) is 16.8 Å². The number of benzene rings is 1. The summed E-state index contributed by atoms with van der Waals surface area (Å²) in [5, 5.41) is 11.0. The van der Waals surface area contributed by atoms with Gasteiger partial charge < -0.3 is 14.5 Å². The van der Waals surface area contributed by atoms with Gasteiger partial charge in [-0.1, -0.05) is 18.2 Å². The minimum Gasteiger partial charge on any atom is -0.543 e. The molecule has 8 heteroatoms. The van der Waals surface area contributed by atoms with Gasteiger partial charge in [0.2, 0.25) is 5.78 Å². The fourth-order valence-electron chi connectivity index (χ4n) is 3.76. The van der Waals surface area contributed by atoms with Crippen LogP contribution in [0.5, 0.6) is 0 Å². The molecule has 1 atom stereocenters. The predicted molar refractivity (Wildman–Crippen MR) is 88.0 cm³/mol. The molecule has 5 rings (SSSR count). The molecule has 7 nitrogen and oxygen atoms in total. The van der Waals surface area contributed by atoms with Crippen LogP contribution in [0.3, 0.4) is 0 Å². The first-order valence-corrected chi connectivity index (χ1v) is 7.95. The number of fused-ring (bicyclic) bond motifs is 4. The molecule has 1 fully saturated rings. The maximum atomic E-state index is 12.3. The maximum absolute atomic E-state index is 12.3. The molecule has 1 unspecified atom stereocenters. The van der Waals surface area contributed by atoms with E-state index in [9.17, 15) is 14.7 Å². The van der Waals surface area contributed by atoms with Gasteiger partial charge in [-0.15, -0.1) is 0 Å². The fraction of sp³-hybridized carbons (Fsp3) is 0.167. The molecular weight excluding hydrogens is 343 g/mol. The number of carboxylic acid groups (broad SMARTS) is 1. The molecule has 3 aromatic rings. The quantitative estimate of drug-likeness (QED) is 0.288. The van der Waals surface area contributed by atoms with Crippen molar-refractivity contribution in [2.24, 2.45) is 7.05 Å². The van der Waals surface area contributed by atoms with Gasteiger partial charge in [-0.05, 0) is 24.6 Å². The first kappa shape index (κ1) is 17.1. The van der Waals surface area contributed by atoms with Crippen LogP contribution in [0.4, 0.5) is 0 Å². The van der Waals surface area contributed by atoms with Crippen LogP contribution in [-0.2, 0) is 16.6 Å². The second kappa shape index (κ2) is 5.84. The third kappa shape index (κ3) is 2.14. The van der Waals surface area contributed by atoms with E-state index in [-0.39, 0.29) is 47.2 Å². The Labute approximate surface area is 170 Å². The first-order valence-electron chi connectivity index (χ1n) is 7.95. The van der Waals surface area contributed by atoms with Crippen LogP contribution in [0, 0.1) is 0 Å². The van der Waals surface area contributed by atoms with Crippen molar-refractivity contribution in [3.8, 4) is 0 Å². The smallest absolute Gasteiger partial charge is 0.543 e. The summed E-state index contributed by atoms with van der Waals surface area (Å²) in [4.78, 5) is 29.2. The van der Waals surface area contributed by atoms with E-state index < -0.39 is 5.97 Å². The zero-order chi connectivity index (χ0) is 17.3. The van der Waals surface area contributed by atoms with Gasteiger partial charge in [0, 0.05) is 18.8 Å². The van der Waals surface area contributed by atoms with Crippen LogP contribution < -0.4 is 34.7 Å². The normalized spacial score (nSPS) is 20.3. The molecule has 2 aliphatic rings. The molecule has 0 saturated carbocycles. The number of carboxylic acids is 1. The summed E-state index contributed by atoms with van der Waals surface area (Å²) >= 11 is 0. The van der Waals surface area contributed by atoms with Crippen molar-refractivity contribution in [3.05, 3.63) is 53.5 Å². The minimum atomic E-state index is -1.31. The van der Waals surface area contributed by atoms with E-state index in [1.165, 1.54) is 11.0 Å². The summed E-state index contributed by atoms with van der Waals surface area (Å²) in [5.41, 5.74) is 3.35. The molecule has 0 radical (unpaired) electrons. The molecule has 0 bridgehead atoms. The number of rotatable bonds is 2. The number of carbonyl (C=O) groups is 2. The Balaban J connectivity index is 0.00000168. The van der Waals surface area contributed by atoms with Crippen molar-refractivity contribution in [1.29, 1.82) is 0 Å². The van der Waals surface area contributed by atoms with E-state index in [1.807, 2.05) is 46.5 Å². The van der Waals surface area contributed by atoms with Gasteiger partial charge >= 0.3 is 29.6 Å². The molecule has 0 spiro atoms. The number of aromatic nitrogens is 3. The number of β-lactam (4-membered cyclic amide) rings is 1. The minimum absolute atomic E-state index is 0. The van der Waals surface area contributed by atoms with Gasteiger partial charge in [-0.2, -0.15) is 0 Å². The van der Waals surface area contributed by atoms with Crippen molar-refractivity contribution in [2.75, 3.05) is 0 Å². The van der Waals surface area contributed by atoms with Gasteiger partial charge in [-0.3, -0.25) is 14.1 Å². The number of para-hydroxylation sites is 2. The first-order chi connectivity index (χ1) is 12.1. The molecule has 1 saturated heterocycles. The number of carbonyl (C=O) groups excluding carboxylic acids is 2. The van der Waals surface area contributed by atoms with Gasteiger partial charge in [0.1, 0.15) is 0 Å². The van der Waals surface area contributed by atoms with E-state index in [2.05, 4.69) is 4.98 Å². The van der Waals surface area contributed by atoms with Crippen molar-refractivity contribution >= 4 is 34.8 Å². The number of aliphatic carboxylic acids is 1. The Morgan fingerprint density at radius 2 is 2.04 bits per heavy atom. The maximum Gasteiger partial charge on any atom is 1.00 e. The third-order valence-corrected chi connectivity index (χ3v) is 4.95. The van der Waals surface area contributed by atoms with E-state index in [1.54, 1.807) is 6.08 Å². The summed E-state index contributed by atoms with van der Waals surface area (Å²) in [7, 11) is 1.95. The van der Waals surface area contributed by atoms with E-state index in [0.29, 0.717) is 17.7 Å². The largest absolute Gasteiger partial charge is 1.00 e. The predicted octanol–water partition coefficient (Wildman–Crippen LogP) is -2.54. The van der Waals surface area contributed by atoms with Gasteiger partial charge in [0.15, 0.2) is 0 Å². The topological polar surface area (TPSA) is 82.7 Å². The molecule has 124 valence electrons. The summed E-state index contributed by atoms with van der Waals surface area (Å²) in [6.45, 7) is 0. The average Bonchev–Trinajstić information content (AvgIpc) is 3.26. The van der Waals surface area contributed by atoms with Crippen LogP contribution in [-0.4, -0.2) is 36.8 Å². The monoisotopic (exact) mass is 356 g/mol. The second-order valence-electron chi connectivity index (χ2n) is 6.29. The van der Waals surface area contributed by atoms with Gasteiger partial charge in [0.25, 0.3) is 5.91 Å². The molecular formula is C18H13N4NaO3. The van der Waals surface area contributed by atoms with Crippen molar-refractivity contribution in [3.63, 3.8) is 0 Å². The standard InChI is InChI=1S/C18H14N4O3.Na/c1-20-13-4-2-3-5-14(13)21-9-10(19-18(20)21)8-11-12-6-7-15(17(24)25)22(12)16(11)23;/h2-5,7-9,12H,6H2,1H3,(H,24,25);/q;+1/p-1/b11-8+;. The molecule has 2 aromatic heterocycles. The fourth-order valence-corrected chi connectivity index (χ4v) is 3.76. The Hall–Kier alpha value is -2.35. The summed E-state index contributed by atoms with van der Waals surface area (Å²) in [6, 6.07) is 7.78. The number of imidazole rings is 2. The van der Waals surface area contributed by atoms with Crippen LogP contribution in [0.1, 0.15) is 12.1 Å². The molecule has 0 N–H and O–H groups in total. The van der Waals surface area contributed by atoms with Crippen LogP contribution in [0.15, 0.2) is 47.8 Å². The SMILES string of the molecule is Cn1c2ccccc2n2cc(/C=C3/C(=O)N4C(C(=O)[O-])=CCC34)nc12.[Na+]. The molecule has 1 amide bonds. The summed E-state index contributed by atoms with van der Waals surface area (Å²) in [6.07, 6.45) is 5.67. The number of hydrogen-bond acceptors (Lipinski definition) is 4. The van der Waals surface area contributed by atoms with Crippen LogP contribution in [0.25, 0.3) is 22.9 Å². The second-order valence-corrected chi connectivity index (χ2v) is 6.29. The average molecular weight is 356 g/mol. The number of nitrogens with zero attached hydrogens (tertiary/aromatic N) is 4. The zero-order valence-corrected chi connectivity index (χ0v) is 16.3. The molecule has 26 heavy (non-hydrogen) atoms. The summed E-state index contributed by atoms with van der Waals surface area (Å²) in [5.74, 6) is -0.814. The van der Waals surface area contributed by atoms with Crippen molar-refractivity contribution < 1.29 is 44.3 Å². The van der Waals surface area contributed by atoms with Gasteiger partial charge in [-0.25, -0.2) is 4.98 Å². The summed E-state index contributed by atoms with van der Waals surface area (Å²) < 4.78 is 3.99. The number of aryl methyl sites for hydroxylation is 1. The van der Waals surface area contributed by atoms with Crippen molar-refractivity contribution in [1.82, 2.24) is 18.9 Å². The Kier molecular flexibility index (Phi) is 3.83. The molecule has 0 aliphatic carbocycles. The molecule has 2 aliphatic heterocycles. The van der Waals surface area contributed by atoms with Crippen molar-refractivity contribution in [2.45, 2.75) is 12.5 Å². The molecule has 4 heterocycles.